The van der Waals surface area contributed by atoms with Gasteiger partial charge in [-0.1, -0.05) is 11.6 Å². The van der Waals surface area contributed by atoms with E-state index in [1.165, 1.54) is 11.3 Å². The summed E-state index contributed by atoms with van der Waals surface area (Å²) in [5, 5.41) is 8.34. The molecule has 0 saturated carbocycles. The molecule has 2 aromatic heterocycles. The molecule has 94 valence electrons. The molecule has 0 atom stereocenters. The summed E-state index contributed by atoms with van der Waals surface area (Å²) >= 11 is 6.41. The van der Waals surface area contributed by atoms with Gasteiger partial charge >= 0.3 is 0 Å². The van der Waals surface area contributed by atoms with Crippen molar-refractivity contribution in [3.8, 4) is 11.1 Å². The van der Waals surface area contributed by atoms with E-state index in [0.29, 0.717) is 0 Å². The molecule has 1 N–H and O–H groups in total. The number of fused-ring (bicyclic) bond motifs is 2. The highest BCUT2D eigenvalue weighted by Gasteiger charge is 2.14. The highest BCUT2D eigenvalue weighted by atomic mass is 35.5. The van der Waals surface area contributed by atoms with Crippen LogP contribution in [0.25, 0.3) is 16.6 Å². The third-order valence-corrected chi connectivity index (χ3v) is 3.93. The lowest BCUT2D eigenvalue weighted by Crippen LogP contribution is -1.91. The second-order valence-corrected chi connectivity index (χ2v) is 5.19. The van der Waals surface area contributed by atoms with E-state index in [1.54, 1.807) is 6.20 Å². The van der Waals surface area contributed by atoms with Gasteiger partial charge in [-0.25, -0.2) is 4.52 Å². The van der Waals surface area contributed by atoms with Crippen molar-refractivity contribution >= 4 is 22.8 Å². The molecule has 0 saturated heterocycles. The molecule has 4 rings (SSSR count). The number of hydrogen-bond acceptors (Lipinski definition) is 2. The Morgan fingerprint density at radius 3 is 3.11 bits per heavy atom. The second kappa shape index (κ2) is 4.00. The fourth-order valence-electron chi connectivity index (χ4n) is 2.63. The zero-order valence-electron chi connectivity index (χ0n) is 10.2. The first-order valence-corrected chi connectivity index (χ1v) is 6.69. The van der Waals surface area contributed by atoms with Crippen LogP contribution in [0.2, 0.25) is 5.02 Å². The van der Waals surface area contributed by atoms with Gasteiger partial charge in [-0.15, -0.1) is 0 Å². The number of rotatable bonds is 1. The number of pyridine rings is 1. The van der Waals surface area contributed by atoms with E-state index in [0.717, 1.165) is 34.6 Å². The molecule has 0 amide bonds. The number of nitrogens with one attached hydrogen (secondary N) is 1. The smallest absolute Gasteiger partial charge is 0.0667 e. The zero-order valence-corrected chi connectivity index (χ0v) is 11.0. The van der Waals surface area contributed by atoms with E-state index in [1.807, 2.05) is 22.8 Å². The maximum Gasteiger partial charge on any atom is 0.0667 e. The van der Waals surface area contributed by atoms with Crippen LogP contribution in [0.15, 0.2) is 42.7 Å². The highest BCUT2D eigenvalue weighted by molar-refractivity contribution is 6.33. The van der Waals surface area contributed by atoms with Gasteiger partial charge in [0.15, 0.2) is 0 Å². The molecule has 1 aromatic carbocycles. The van der Waals surface area contributed by atoms with Crippen molar-refractivity contribution < 1.29 is 0 Å². The minimum atomic E-state index is 0.789. The van der Waals surface area contributed by atoms with Gasteiger partial charge in [0.05, 0.1) is 10.5 Å². The molecule has 0 fully saturated rings. The zero-order chi connectivity index (χ0) is 12.8. The van der Waals surface area contributed by atoms with Crippen LogP contribution in [0.3, 0.4) is 0 Å². The normalized spacial score (nSPS) is 13.5. The molecule has 0 spiro atoms. The molecule has 3 nitrogen and oxygen atoms in total. The summed E-state index contributed by atoms with van der Waals surface area (Å²) in [5.74, 6) is 0. The summed E-state index contributed by atoms with van der Waals surface area (Å²) in [5.41, 5.74) is 5.81. The Morgan fingerprint density at radius 2 is 2.16 bits per heavy atom. The SMILES string of the molecule is Clc1cc2c(cc1-c1ccn3nccc3c1)CCN2. The molecule has 0 aliphatic carbocycles. The lowest BCUT2D eigenvalue weighted by Gasteiger charge is -2.08. The average molecular weight is 270 g/mol. The Morgan fingerprint density at radius 1 is 1.21 bits per heavy atom. The van der Waals surface area contributed by atoms with Crippen molar-refractivity contribution in [2.24, 2.45) is 0 Å². The molecule has 0 unspecified atom stereocenters. The second-order valence-electron chi connectivity index (χ2n) is 4.78. The third-order valence-electron chi connectivity index (χ3n) is 3.61. The molecule has 3 heterocycles. The predicted molar refractivity (Wildman–Crippen MR) is 77.8 cm³/mol. The molecule has 1 aliphatic rings. The molecule has 1 aliphatic heterocycles. The number of halogens is 1. The van der Waals surface area contributed by atoms with Gasteiger partial charge in [0.1, 0.15) is 0 Å². The van der Waals surface area contributed by atoms with Crippen LogP contribution in [-0.2, 0) is 6.42 Å². The maximum absolute atomic E-state index is 6.41. The number of hydrogen-bond donors (Lipinski definition) is 1. The Kier molecular flexibility index (Phi) is 2.29. The topological polar surface area (TPSA) is 29.3 Å². The van der Waals surface area contributed by atoms with E-state index < -0.39 is 0 Å². The van der Waals surface area contributed by atoms with Crippen molar-refractivity contribution in [1.29, 1.82) is 0 Å². The highest BCUT2D eigenvalue weighted by Crippen LogP contribution is 2.35. The van der Waals surface area contributed by atoms with Gasteiger partial charge in [0.25, 0.3) is 0 Å². The first-order valence-electron chi connectivity index (χ1n) is 6.31. The van der Waals surface area contributed by atoms with E-state index in [4.69, 9.17) is 11.6 Å². The van der Waals surface area contributed by atoms with E-state index in [-0.39, 0.29) is 0 Å². The standard InChI is InChI=1S/C15H12ClN3/c16-14-9-15-11(1-4-17-15)8-13(14)10-3-6-19-12(7-10)2-5-18-19/h2-3,5-9,17H,1,4H2. The van der Waals surface area contributed by atoms with Gasteiger partial charge in [0.2, 0.25) is 0 Å². The predicted octanol–water partition coefficient (Wildman–Crippen LogP) is 3.62. The fraction of sp³-hybridized carbons (Fsp3) is 0.133. The van der Waals surface area contributed by atoms with Crippen LogP contribution >= 0.6 is 11.6 Å². The van der Waals surface area contributed by atoms with Crippen molar-refractivity contribution in [2.45, 2.75) is 6.42 Å². The van der Waals surface area contributed by atoms with Gasteiger partial charge in [-0.3, -0.25) is 0 Å². The average Bonchev–Trinajstić information content (AvgIpc) is 3.04. The summed E-state index contributed by atoms with van der Waals surface area (Å²) in [6.07, 6.45) is 4.83. The number of benzene rings is 1. The van der Waals surface area contributed by atoms with Gasteiger partial charge < -0.3 is 5.32 Å². The van der Waals surface area contributed by atoms with E-state index in [2.05, 4.69) is 28.6 Å². The third kappa shape index (κ3) is 1.70. The van der Waals surface area contributed by atoms with Crippen LogP contribution in [0.4, 0.5) is 5.69 Å². The van der Waals surface area contributed by atoms with E-state index in [9.17, 15) is 0 Å². The van der Waals surface area contributed by atoms with Gasteiger partial charge in [-0.2, -0.15) is 5.10 Å². The van der Waals surface area contributed by atoms with Crippen LogP contribution in [0.1, 0.15) is 5.56 Å². The molecular formula is C15H12ClN3. The van der Waals surface area contributed by atoms with Crippen LogP contribution in [-0.4, -0.2) is 16.2 Å². The Hall–Kier alpha value is -2.00. The maximum atomic E-state index is 6.41. The number of anilines is 1. The molecular weight excluding hydrogens is 258 g/mol. The molecule has 0 radical (unpaired) electrons. The first-order chi connectivity index (χ1) is 9.31. The van der Waals surface area contributed by atoms with Gasteiger partial charge in [0, 0.05) is 30.2 Å². The lowest BCUT2D eigenvalue weighted by atomic mass is 10.0. The number of nitrogens with zero attached hydrogens (tertiary/aromatic N) is 2. The van der Waals surface area contributed by atoms with Crippen molar-refractivity contribution in [3.63, 3.8) is 0 Å². The van der Waals surface area contributed by atoms with Crippen molar-refractivity contribution in [3.05, 3.63) is 53.3 Å². The summed E-state index contributed by atoms with van der Waals surface area (Å²) in [6, 6.07) is 10.4. The molecule has 3 aromatic rings. The number of aromatic nitrogens is 2. The van der Waals surface area contributed by atoms with Crippen LogP contribution in [0.5, 0.6) is 0 Å². The molecule has 19 heavy (non-hydrogen) atoms. The van der Waals surface area contributed by atoms with Crippen LogP contribution in [0, 0.1) is 0 Å². The Balaban J connectivity index is 1.91. The molecule has 0 bridgehead atoms. The fourth-order valence-corrected chi connectivity index (χ4v) is 2.90. The molecule has 4 heteroatoms. The monoisotopic (exact) mass is 269 g/mol. The summed E-state index contributed by atoms with van der Waals surface area (Å²) in [6.45, 7) is 0.997. The summed E-state index contributed by atoms with van der Waals surface area (Å²) in [7, 11) is 0. The largest absolute Gasteiger partial charge is 0.384 e. The summed E-state index contributed by atoms with van der Waals surface area (Å²) in [4.78, 5) is 0. The van der Waals surface area contributed by atoms with Crippen molar-refractivity contribution in [2.75, 3.05) is 11.9 Å². The minimum absolute atomic E-state index is 0.789. The lowest BCUT2D eigenvalue weighted by molar-refractivity contribution is 0.962. The Bertz CT molecular complexity index is 776. The van der Waals surface area contributed by atoms with Crippen LogP contribution < -0.4 is 5.32 Å². The minimum Gasteiger partial charge on any atom is -0.384 e. The van der Waals surface area contributed by atoms with E-state index >= 15 is 0 Å². The summed E-state index contributed by atoms with van der Waals surface area (Å²) < 4.78 is 1.85. The van der Waals surface area contributed by atoms with Crippen molar-refractivity contribution in [1.82, 2.24) is 9.61 Å². The van der Waals surface area contributed by atoms with Gasteiger partial charge in [-0.05, 0) is 47.9 Å². The first kappa shape index (κ1) is 10.9. The quantitative estimate of drug-likeness (QED) is 0.731. The Labute approximate surface area is 115 Å².